The first-order chi connectivity index (χ1) is 12.1. The average Bonchev–Trinajstić information content (AvgIpc) is 2.56. The fourth-order valence-electron chi connectivity index (χ4n) is 4.82. The van der Waals surface area contributed by atoms with Gasteiger partial charge in [0.2, 0.25) is 0 Å². The van der Waals surface area contributed by atoms with Gasteiger partial charge in [0.05, 0.1) is 5.69 Å². The number of hydrogen-bond donors (Lipinski definition) is 0. The first-order valence-electron chi connectivity index (χ1n) is 9.86. The van der Waals surface area contributed by atoms with Crippen LogP contribution in [0.25, 0.3) is 0 Å². The normalized spacial score (nSPS) is 24.3. The minimum atomic E-state index is -0.261. The Morgan fingerprint density at radius 2 is 1.72 bits per heavy atom. The van der Waals surface area contributed by atoms with Crippen molar-refractivity contribution in [3.8, 4) is 0 Å². The third-order valence-electron chi connectivity index (χ3n) is 6.97. The number of likely N-dealkylation sites (tertiary alicyclic amines) is 1. The number of rotatable bonds is 3. The molecular weight excluding hydrogens is 315 g/mol. The molecule has 4 rings (SSSR count). The highest BCUT2D eigenvalue weighted by molar-refractivity contribution is 5.94. The lowest BCUT2D eigenvalue weighted by Gasteiger charge is -2.50. The van der Waals surface area contributed by atoms with Crippen LogP contribution in [0.5, 0.6) is 0 Å². The van der Waals surface area contributed by atoms with Gasteiger partial charge in [0.25, 0.3) is 0 Å². The number of nitrogens with zero attached hydrogens (tertiary/aromatic N) is 2. The Morgan fingerprint density at radius 1 is 1.08 bits per heavy atom. The highest BCUT2D eigenvalue weighted by Crippen LogP contribution is 2.43. The van der Waals surface area contributed by atoms with Crippen molar-refractivity contribution in [3.63, 3.8) is 0 Å². The van der Waals surface area contributed by atoms with Crippen LogP contribution in [0.1, 0.15) is 62.2 Å². The summed E-state index contributed by atoms with van der Waals surface area (Å²) in [6.07, 6.45) is 9.16. The first-order valence-corrected chi connectivity index (χ1v) is 9.86. The molecule has 0 unspecified atom stereocenters. The zero-order chi connectivity index (χ0) is 17.4. The summed E-state index contributed by atoms with van der Waals surface area (Å²) in [7, 11) is 0. The van der Waals surface area contributed by atoms with E-state index in [1.807, 2.05) is 0 Å². The monoisotopic (exact) mass is 344 g/mol. The molecule has 4 heteroatoms. The molecule has 1 aliphatic carbocycles. The van der Waals surface area contributed by atoms with E-state index in [0.717, 1.165) is 19.1 Å². The highest BCUT2D eigenvalue weighted by atomic mass is 19.1. The van der Waals surface area contributed by atoms with E-state index in [2.05, 4.69) is 9.80 Å². The molecule has 0 atom stereocenters. The van der Waals surface area contributed by atoms with Crippen molar-refractivity contribution in [2.75, 3.05) is 31.1 Å². The molecule has 25 heavy (non-hydrogen) atoms. The largest absolute Gasteiger partial charge is 0.369 e. The van der Waals surface area contributed by atoms with Gasteiger partial charge in [-0.3, -0.25) is 4.79 Å². The van der Waals surface area contributed by atoms with E-state index >= 15 is 0 Å². The van der Waals surface area contributed by atoms with E-state index in [1.165, 1.54) is 71.0 Å². The van der Waals surface area contributed by atoms with Crippen LogP contribution in [-0.2, 0) is 0 Å². The smallest absolute Gasteiger partial charge is 0.159 e. The summed E-state index contributed by atoms with van der Waals surface area (Å²) < 4.78 is 14.4. The van der Waals surface area contributed by atoms with Gasteiger partial charge in [0, 0.05) is 24.7 Å². The lowest BCUT2D eigenvalue weighted by molar-refractivity contribution is 0.0305. The van der Waals surface area contributed by atoms with Crippen molar-refractivity contribution in [3.05, 3.63) is 29.6 Å². The zero-order valence-electron chi connectivity index (χ0n) is 15.3. The van der Waals surface area contributed by atoms with Crippen LogP contribution < -0.4 is 4.90 Å². The molecule has 0 bridgehead atoms. The molecule has 3 aliphatic rings. The quantitative estimate of drug-likeness (QED) is 0.765. The standard InChI is InChI=1S/C21H29FN2O/c1-16(25)17-5-6-20(19(22)15-17)24-13-9-21(10-14-24)7-11-23(12-8-21)18-3-2-4-18/h5-6,15,18H,2-4,7-14H2,1H3. The molecule has 0 N–H and O–H groups in total. The summed E-state index contributed by atoms with van der Waals surface area (Å²) in [5.74, 6) is -0.343. The fraction of sp³-hybridized carbons (Fsp3) is 0.667. The van der Waals surface area contributed by atoms with Gasteiger partial charge in [-0.2, -0.15) is 0 Å². The summed E-state index contributed by atoms with van der Waals surface area (Å²) in [5.41, 5.74) is 1.59. The van der Waals surface area contributed by atoms with E-state index in [0.29, 0.717) is 16.7 Å². The van der Waals surface area contributed by atoms with Crippen molar-refractivity contribution < 1.29 is 9.18 Å². The molecule has 2 saturated heterocycles. The lowest BCUT2D eigenvalue weighted by atomic mass is 9.70. The number of carbonyl (C=O) groups excluding carboxylic acids is 1. The molecule has 1 saturated carbocycles. The first kappa shape index (κ1) is 17.0. The maximum absolute atomic E-state index is 14.4. The van der Waals surface area contributed by atoms with Crippen LogP contribution in [0.4, 0.5) is 10.1 Å². The van der Waals surface area contributed by atoms with Crippen LogP contribution in [0.15, 0.2) is 18.2 Å². The predicted octanol–water partition coefficient (Wildman–Crippen LogP) is 4.26. The number of Topliss-reactive ketones (excluding diaryl/α,β-unsaturated/α-hetero) is 1. The van der Waals surface area contributed by atoms with E-state index < -0.39 is 0 Å². The molecular formula is C21H29FN2O. The van der Waals surface area contributed by atoms with Crippen molar-refractivity contribution in [2.45, 2.75) is 57.9 Å². The minimum Gasteiger partial charge on any atom is -0.369 e. The summed E-state index contributed by atoms with van der Waals surface area (Å²) in [4.78, 5) is 16.3. The summed E-state index contributed by atoms with van der Waals surface area (Å²) in [6, 6.07) is 5.79. The Kier molecular flexibility index (Phi) is 4.57. The minimum absolute atomic E-state index is 0.0822. The second-order valence-corrected chi connectivity index (χ2v) is 8.33. The Balaban J connectivity index is 1.36. The van der Waals surface area contributed by atoms with Crippen LogP contribution in [0, 0.1) is 11.2 Å². The van der Waals surface area contributed by atoms with Gasteiger partial charge in [-0.05, 0) is 82.2 Å². The molecule has 136 valence electrons. The molecule has 2 heterocycles. The van der Waals surface area contributed by atoms with E-state index in [9.17, 15) is 9.18 Å². The molecule has 0 amide bonds. The van der Waals surface area contributed by atoms with Gasteiger partial charge < -0.3 is 9.80 Å². The van der Waals surface area contributed by atoms with Crippen molar-refractivity contribution in [1.82, 2.24) is 4.90 Å². The number of benzene rings is 1. The number of hydrogen-bond acceptors (Lipinski definition) is 3. The number of carbonyl (C=O) groups is 1. The average molecular weight is 344 g/mol. The Morgan fingerprint density at radius 3 is 2.24 bits per heavy atom. The molecule has 2 aliphatic heterocycles. The molecule has 1 spiro atoms. The van der Waals surface area contributed by atoms with Crippen molar-refractivity contribution >= 4 is 11.5 Å². The third-order valence-corrected chi connectivity index (χ3v) is 6.97. The van der Waals surface area contributed by atoms with Gasteiger partial charge in [-0.25, -0.2) is 4.39 Å². The van der Waals surface area contributed by atoms with Crippen LogP contribution >= 0.6 is 0 Å². The molecule has 0 aromatic heterocycles. The van der Waals surface area contributed by atoms with E-state index in [1.54, 1.807) is 12.1 Å². The van der Waals surface area contributed by atoms with E-state index in [-0.39, 0.29) is 11.6 Å². The van der Waals surface area contributed by atoms with Gasteiger partial charge in [-0.15, -0.1) is 0 Å². The number of piperidine rings is 2. The number of halogens is 1. The van der Waals surface area contributed by atoms with Crippen molar-refractivity contribution in [2.24, 2.45) is 5.41 Å². The van der Waals surface area contributed by atoms with Gasteiger partial charge >= 0.3 is 0 Å². The Bertz CT molecular complexity index is 637. The Hall–Kier alpha value is -1.42. The molecule has 1 aromatic rings. The van der Waals surface area contributed by atoms with Crippen LogP contribution in [0.2, 0.25) is 0 Å². The van der Waals surface area contributed by atoms with E-state index in [4.69, 9.17) is 0 Å². The maximum atomic E-state index is 14.4. The van der Waals surface area contributed by atoms with Crippen molar-refractivity contribution in [1.29, 1.82) is 0 Å². The SMILES string of the molecule is CC(=O)c1ccc(N2CCC3(CC2)CCN(C2CCC2)CC3)c(F)c1. The summed E-state index contributed by atoms with van der Waals surface area (Å²) in [5, 5.41) is 0. The molecule has 0 radical (unpaired) electrons. The lowest BCUT2D eigenvalue weighted by Crippen LogP contribution is -2.51. The Labute approximate surface area is 150 Å². The number of anilines is 1. The number of ketones is 1. The molecule has 3 fully saturated rings. The van der Waals surface area contributed by atoms with Gasteiger partial charge in [0.1, 0.15) is 5.82 Å². The summed E-state index contributed by atoms with van der Waals surface area (Å²) >= 11 is 0. The topological polar surface area (TPSA) is 23.6 Å². The van der Waals surface area contributed by atoms with Crippen LogP contribution in [-0.4, -0.2) is 42.9 Å². The zero-order valence-corrected chi connectivity index (χ0v) is 15.3. The van der Waals surface area contributed by atoms with Crippen LogP contribution in [0.3, 0.4) is 0 Å². The van der Waals surface area contributed by atoms with Gasteiger partial charge in [0.15, 0.2) is 5.78 Å². The fourth-order valence-corrected chi connectivity index (χ4v) is 4.82. The summed E-state index contributed by atoms with van der Waals surface area (Å²) in [6.45, 7) is 5.85. The molecule has 3 nitrogen and oxygen atoms in total. The second kappa shape index (κ2) is 6.71. The van der Waals surface area contributed by atoms with Gasteiger partial charge in [-0.1, -0.05) is 6.42 Å². The third kappa shape index (κ3) is 3.33. The predicted molar refractivity (Wildman–Crippen MR) is 98.7 cm³/mol. The highest BCUT2D eigenvalue weighted by Gasteiger charge is 2.39. The molecule has 1 aromatic carbocycles. The second-order valence-electron chi connectivity index (χ2n) is 8.33. The maximum Gasteiger partial charge on any atom is 0.159 e.